The number of aromatic nitrogens is 2. The monoisotopic (exact) mass is 320 g/mol. The Balaban J connectivity index is 1.69. The molecule has 0 aromatic carbocycles. The Morgan fingerprint density at radius 3 is 2.87 bits per heavy atom. The molecule has 1 N–H and O–H groups in total. The third-order valence-electron chi connectivity index (χ3n) is 4.92. The molecule has 6 heteroatoms. The van der Waals surface area contributed by atoms with Crippen LogP contribution in [0.3, 0.4) is 0 Å². The van der Waals surface area contributed by atoms with Gasteiger partial charge in [0.2, 0.25) is 0 Å². The van der Waals surface area contributed by atoms with Gasteiger partial charge in [0.25, 0.3) is 0 Å². The van der Waals surface area contributed by atoms with Gasteiger partial charge in [0.15, 0.2) is 0 Å². The van der Waals surface area contributed by atoms with E-state index in [0.29, 0.717) is 5.92 Å². The number of hydrogen-bond donors (Lipinski definition) is 1. The van der Waals surface area contributed by atoms with Crippen molar-refractivity contribution in [3.63, 3.8) is 0 Å². The molecular formula is C17H28N4O2. The van der Waals surface area contributed by atoms with Crippen molar-refractivity contribution < 1.29 is 9.84 Å². The highest BCUT2D eigenvalue weighted by atomic mass is 16.5. The molecular weight excluding hydrogens is 292 g/mol. The van der Waals surface area contributed by atoms with Crippen LogP contribution in [-0.4, -0.2) is 60.6 Å². The number of rotatable bonds is 6. The van der Waals surface area contributed by atoms with Crippen molar-refractivity contribution in [2.45, 2.75) is 38.6 Å². The van der Waals surface area contributed by atoms with Crippen molar-refractivity contribution in [3.8, 4) is 0 Å². The zero-order valence-corrected chi connectivity index (χ0v) is 14.0. The number of aliphatic hydroxyl groups is 1. The molecule has 128 valence electrons. The van der Waals surface area contributed by atoms with Crippen LogP contribution in [0.25, 0.3) is 0 Å². The zero-order chi connectivity index (χ0) is 16.1. The van der Waals surface area contributed by atoms with Crippen LogP contribution in [-0.2, 0) is 4.74 Å². The van der Waals surface area contributed by atoms with Crippen molar-refractivity contribution in [1.29, 1.82) is 0 Å². The maximum Gasteiger partial charge on any atom is 0.134 e. The van der Waals surface area contributed by atoms with Gasteiger partial charge in [-0.2, -0.15) is 0 Å². The van der Waals surface area contributed by atoms with Crippen molar-refractivity contribution >= 4 is 11.6 Å². The molecule has 2 aliphatic heterocycles. The van der Waals surface area contributed by atoms with Gasteiger partial charge >= 0.3 is 0 Å². The summed E-state index contributed by atoms with van der Waals surface area (Å²) in [6.45, 7) is 6.87. The average molecular weight is 320 g/mol. The fraction of sp³-hybridized carbons (Fsp3) is 0.765. The van der Waals surface area contributed by atoms with Crippen molar-refractivity contribution in [2.24, 2.45) is 5.92 Å². The molecule has 6 nitrogen and oxygen atoms in total. The van der Waals surface area contributed by atoms with Gasteiger partial charge in [-0.1, -0.05) is 0 Å². The van der Waals surface area contributed by atoms with Gasteiger partial charge in [0.1, 0.15) is 18.0 Å². The summed E-state index contributed by atoms with van der Waals surface area (Å²) in [5.41, 5.74) is 0. The van der Waals surface area contributed by atoms with Crippen molar-refractivity contribution in [1.82, 2.24) is 9.97 Å². The highest BCUT2D eigenvalue weighted by molar-refractivity contribution is 5.51. The first kappa shape index (κ1) is 16.5. The highest BCUT2D eigenvalue weighted by Crippen LogP contribution is 2.27. The Kier molecular flexibility index (Phi) is 5.67. The second-order valence-electron chi connectivity index (χ2n) is 6.52. The quantitative estimate of drug-likeness (QED) is 0.861. The normalized spacial score (nSPS) is 25.1. The lowest BCUT2D eigenvalue weighted by atomic mass is 9.99. The smallest absolute Gasteiger partial charge is 0.134 e. The minimum absolute atomic E-state index is 0.194. The standard InChI is InChI=1S/C17H28N4O2/c1-2-23-12-14-5-3-7-20(10-14)16-9-17(19-13-18-16)21-8-4-6-15(21)11-22/h9,13-15,22H,2-8,10-12H2,1H3. The predicted octanol–water partition coefficient (Wildman–Crippen LogP) is 1.69. The summed E-state index contributed by atoms with van der Waals surface area (Å²) in [6.07, 6.45) is 6.22. The van der Waals surface area contributed by atoms with Crippen LogP contribution in [0.2, 0.25) is 0 Å². The summed E-state index contributed by atoms with van der Waals surface area (Å²) < 4.78 is 5.60. The highest BCUT2D eigenvalue weighted by Gasteiger charge is 2.26. The van der Waals surface area contributed by atoms with E-state index < -0.39 is 0 Å². The third kappa shape index (κ3) is 3.93. The van der Waals surface area contributed by atoms with Crippen LogP contribution in [0, 0.1) is 5.92 Å². The van der Waals surface area contributed by atoms with E-state index in [1.165, 1.54) is 12.8 Å². The summed E-state index contributed by atoms with van der Waals surface area (Å²) in [5, 5.41) is 9.52. The van der Waals surface area contributed by atoms with E-state index in [0.717, 1.165) is 57.3 Å². The summed E-state index contributed by atoms with van der Waals surface area (Å²) in [6, 6.07) is 2.28. The molecule has 2 fully saturated rings. The summed E-state index contributed by atoms with van der Waals surface area (Å²) in [4.78, 5) is 13.5. The van der Waals surface area contributed by atoms with Crippen LogP contribution < -0.4 is 9.80 Å². The molecule has 2 atom stereocenters. The Morgan fingerprint density at radius 2 is 2.04 bits per heavy atom. The predicted molar refractivity (Wildman–Crippen MR) is 90.9 cm³/mol. The molecule has 1 aromatic heterocycles. The summed E-state index contributed by atoms with van der Waals surface area (Å²) >= 11 is 0. The number of hydrogen-bond acceptors (Lipinski definition) is 6. The lowest BCUT2D eigenvalue weighted by Crippen LogP contribution is -2.38. The molecule has 0 spiro atoms. The first-order valence-electron chi connectivity index (χ1n) is 8.84. The van der Waals surface area contributed by atoms with Gasteiger partial charge in [-0.25, -0.2) is 9.97 Å². The number of aliphatic hydroxyl groups excluding tert-OH is 1. The van der Waals surface area contributed by atoms with Gasteiger partial charge in [-0.05, 0) is 38.5 Å². The van der Waals surface area contributed by atoms with Crippen molar-refractivity contribution in [2.75, 3.05) is 49.3 Å². The average Bonchev–Trinajstić information content (AvgIpc) is 3.09. The lowest BCUT2D eigenvalue weighted by Gasteiger charge is -2.34. The Morgan fingerprint density at radius 1 is 1.22 bits per heavy atom. The van der Waals surface area contributed by atoms with Crippen LogP contribution >= 0.6 is 0 Å². The minimum atomic E-state index is 0.194. The molecule has 2 unspecified atom stereocenters. The molecule has 0 aliphatic carbocycles. The van der Waals surface area contributed by atoms with Gasteiger partial charge in [0, 0.05) is 32.3 Å². The van der Waals surface area contributed by atoms with E-state index in [-0.39, 0.29) is 12.6 Å². The van der Waals surface area contributed by atoms with E-state index in [2.05, 4.69) is 25.8 Å². The van der Waals surface area contributed by atoms with Gasteiger partial charge in [-0.3, -0.25) is 0 Å². The molecule has 0 amide bonds. The topological polar surface area (TPSA) is 61.7 Å². The second-order valence-corrected chi connectivity index (χ2v) is 6.52. The number of nitrogens with zero attached hydrogens (tertiary/aromatic N) is 4. The molecule has 2 saturated heterocycles. The van der Waals surface area contributed by atoms with Crippen molar-refractivity contribution in [3.05, 3.63) is 12.4 Å². The largest absolute Gasteiger partial charge is 0.394 e. The van der Waals surface area contributed by atoms with E-state index in [1.54, 1.807) is 6.33 Å². The summed E-state index contributed by atoms with van der Waals surface area (Å²) in [5.74, 6) is 2.53. The van der Waals surface area contributed by atoms with E-state index in [1.807, 2.05) is 6.92 Å². The van der Waals surface area contributed by atoms with Crippen LogP contribution in [0.5, 0.6) is 0 Å². The molecule has 0 saturated carbocycles. The molecule has 2 aliphatic rings. The van der Waals surface area contributed by atoms with E-state index in [4.69, 9.17) is 4.74 Å². The second kappa shape index (κ2) is 7.93. The fourth-order valence-corrected chi connectivity index (χ4v) is 3.69. The molecule has 3 rings (SSSR count). The molecule has 0 bridgehead atoms. The van der Waals surface area contributed by atoms with E-state index in [9.17, 15) is 5.11 Å². The zero-order valence-electron chi connectivity index (χ0n) is 14.0. The molecule has 3 heterocycles. The van der Waals surface area contributed by atoms with Crippen LogP contribution in [0.1, 0.15) is 32.6 Å². The minimum Gasteiger partial charge on any atom is -0.394 e. The number of piperidine rings is 1. The van der Waals surface area contributed by atoms with Gasteiger partial charge in [-0.15, -0.1) is 0 Å². The SMILES string of the molecule is CCOCC1CCCN(c2cc(N3CCCC3CO)ncn2)C1. The first-order valence-corrected chi connectivity index (χ1v) is 8.84. The third-order valence-corrected chi connectivity index (χ3v) is 4.92. The Labute approximate surface area is 138 Å². The van der Waals surface area contributed by atoms with E-state index >= 15 is 0 Å². The Hall–Kier alpha value is -1.40. The Bertz CT molecular complexity index is 499. The first-order chi connectivity index (χ1) is 11.3. The lowest BCUT2D eigenvalue weighted by molar-refractivity contribution is 0.104. The molecule has 1 aromatic rings. The van der Waals surface area contributed by atoms with Gasteiger partial charge < -0.3 is 19.6 Å². The van der Waals surface area contributed by atoms with Crippen LogP contribution in [0.15, 0.2) is 12.4 Å². The number of ether oxygens (including phenoxy) is 1. The number of anilines is 2. The van der Waals surface area contributed by atoms with Crippen LogP contribution in [0.4, 0.5) is 11.6 Å². The maximum absolute atomic E-state index is 9.52. The molecule has 0 radical (unpaired) electrons. The maximum atomic E-state index is 9.52. The summed E-state index contributed by atoms with van der Waals surface area (Å²) in [7, 11) is 0. The fourth-order valence-electron chi connectivity index (χ4n) is 3.69. The molecule has 23 heavy (non-hydrogen) atoms. The van der Waals surface area contributed by atoms with Gasteiger partial charge in [0.05, 0.1) is 19.3 Å².